The lowest BCUT2D eigenvalue weighted by atomic mass is 10.1. The number of anilines is 1. The summed E-state index contributed by atoms with van der Waals surface area (Å²) < 4.78 is 7.00. The predicted molar refractivity (Wildman–Crippen MR) is 107 cm³/mol. The number of hydrogen-bond acceptors (Lipinski definition) is 5. The van der Waals surface area contributed by atoms with Gasteiger partial charge in [-0.25, -0.2) is 4.79 Å². The van der Waals surface area contributed by atoms with Crippen LogP contribution in [0.1, 0.15) is 46.7 Å². The van der Waals surface area contributed by atoms with Gasteiger partial charge >= 0.3 is 5.97 Å². The molecule has 1 aliphatic rings. The van der Waals surface area contributed by atoms with E-state index in [1.807, 2.05) is 6.20 Å². The molecule has 146 valence electrons. The number of carbonyl (C=O) groups is 1. The third kappa shape index (κ3) is 3.65. The average Bonchev–Trinajstić information content (AvgIpc) is 3.28. The lowest BCUT2D eigenvalue weighted by Gasteiger charge is -2.12. The van der Waals surface area contributed by atoms with Gasteiger partial charge in [0.25, 0.3) is 0 Å². The Bertz CT molecular complexity index is 989. The number of hydrogen-bond donors (Lipinski definition) is 2. The number of H-pyrrole nitrogens is 1. The van der Waals surface area contributed by atoms with E-state index in [9.17, 15) is 4.79 Å². The maximum atomic E-state index is 11.6. The standard InChI is InChI=1S/C21H25N5O2/c1-14-7-8-16(20-25-24-19-6-4-3-5-9-26(19)20)11-17(14)22-12-15-10-18(23-13-15)21(27)28-2/h7-8,10-11,13,22-23H,3-6,9,12H2,1-2H3. The highest BCUT2D eigenvalue weighted by molar-refractivity contribution is 5.87. The minimum atomic E-state index is -0.364. The molecule has 0 aliphatic carbocycles. The van der Waals surface area contributed by atoms with E-state index in [1.165, 1.54) is 26.4 Å². The van der Waals surface area contributed by atoms with Crippen molar-refractivity contribution in [3.8, 4) is 11.4 Å². The van der Waals surface area contributed by atoms with E-state index in [2.05, 4.69) is 50.2 Å². The summed E-state index contributed by atoms with van der Waals surface area (Å²) in [7, 11) is 1.38. The van der Waals surface area contributed by atoms with Crippen molar-refractivity contribution in [2.24, 2.45) is 0 Å². The first kappa shape index (κ1) is 18.3. The molecule has 0 fully saturated rings. The molecule has 3 aromatic rings. The molecule has 0 spiro atoms. The van der Waals surface area contributed by atoms with Crippen LogP contribution in [0.25, 0.3) is 11.4 Å². The average molecular weight is 379 g/mol. The number of aryl methyl sites for hydroxylation is 2. The molecule has 0 amide bonds. The summed E-state index contributed by atoms with van der Waals surface area (Å²) in [6.07, 6.45) is 6.42. The van der Waals surface area contributed by atoms with Crippen molar-refractivity contribution >= 4 is 11.7 Å². The molecule has 0 bridgehead atoms. The second-order valence-corrected chi connectivity index (χ2v) is 7.20. The minimum absolute atomic E-state index is 0.364. The van der Waals surface area contributed by atoms with E-state index in [4.69, 9.17) is 4.74 Å². The number of nitrogens with one attached hydrogen (secondary N) is 2. The third-order valence-corrected chi connectivity index (χ3v) is 5.24. The molecule has 3 heterocycles. The van der Waals surface area contributed by atoms with Crippen LogP contribution in [0.2, 0.25) is 0 Å². The van der Waals surface area contributed by atoms with Crippen molar-refractivity contribution in [2.75, 3.05) is 12.4 Å². The van der Waals surface area contributed by atoms with Crippen molar-refractivity contribution in [1.29, 1.82) is 0 Å². The zero-order chi connectivity index (χ0) is 19.5. The lowest BCUT2D eigenvalue weighted by molar-refractivity contribution is 0.0595. The highest BCUT2D eigenvalue weighted by Crippen LogP contribution is 2.27. The first-order valence-corrected chi connectivity index (χ1v) is 9.68. The topological polar surface area (TPSA) is 84.8 Å². The normalized spacial score (nSPS) is 13.6. The lowest BCUT2D eigenvalue weighted by Crippen LogP contribution is -2.04. The van der Waals surface area contributed by atoms with E-state index < -0.39 is 0 Å². The number of benzene rings is 1. The number of methoxy groups -OCH3 is 1. The largest absolute Gasteiger partial charge is 0.464 e. The molecule has 0 saturated carbocycles. The fraction of sp³-hybridized carbons (Fsp3) is 0.381. The van der Waals surface area contributed by atoms with Crippen molar-refractivity contribution in [2.45, 2.75) is 45.7 Å². The summed E-state index contributed by atoms with van der Waals surface area (Å²) in [5, 5.41) is 12.3. The zero-order valence-corrected chi connectivity index (χ0v) is 16.3. The molecule has 7 nitrogen and oxygen atoms in total. The Morgan fingerprint density at radius 1 is 1.25 bits per heavy atom. The van der Waals surface area contributed by atoms with E-state index in [0.29, 0.717) is 12.2 Å². The van der Waals surface area contributed by atoms with Gasteiger partial charge in [0.1, 0.15) is 11.5 Å². The SMILES string of the molecule is COC(=O)c1cc(CNc2cc(-c3nnc4n3CCCCC4)ccc2C)c[nH]1. The molecule has 2 aromatic heterocycles. The summed E-state index contributed by atoms with van der Waals surface area (Å²) >= 11 is 0. The van der Waals surface area contributed by atoms with Gasteiger partial charge in [-0.05, 0) is 43.0 Å². The minimum Gasteiger partial charge on any atom is -0.464 e. The van der Waals surface area contributed by atoms with Gasteiger partial charge in [0.05, 0.1) is 7.11 Å². The Labute approximate surface area is 164 Å². The second-order valence-electron chi connectivity index (χ2n) is 7.20. The highest BCUT2D eigenvalue weighted by atomic mass is 16.5. The van der Waals surface area contributed by atoms with E-state index >= 15 is 0 Å². The van der Waals surface area contributed by atoms with Crippen LogP contribution in [-0.4, -0.2) is 32.8 Å². The highest BCUT2D eigenvalue weighted by Gasteiger charge is 2.16. The molecule has 0 saturated heterocycles. The number of nitrogens with zero attached hydrogens (tertiary/aromatic N) is 3. The maximum absolute atomic E-state index is 11.6. The monoisotopic (exact) mass is 379 g/mol. The number of aromatic nitrogens is 4. The Morgan fingerprint density at radius 3 is 3.00 bits per heavy atom. The molecule has 28 heavy (non-hydrogen) atoms. The van der Waals surface area contributed by atoms with E-state index in [-0.39, 0.29) is 5.97 Å². The first-order valence-electron chi connectivity index (χ1n) is 9.68. The van der Waals surface area contributed by atoms with Crippen LogP contribution in [-0.2, 0) is 24.2 Å². The van der Waals surface area contributed by atoms with Gasteiger partial charge in [-0.2, -0.15) is 0 Å². The maximum Gasteiger partial charge on any atom is 0.354 e. The van der Waals surface area contributed by atoms with Gasteiger partial charge in [0.15, 0.2) is 5.82 Å². The molecule has 1 aliphatic heterocycles. The van der Waals surface area contributed by atoms with Crippen LogP contribution in [0.5, 0.6) is 0 Å². The fourth-order valence-electron chi connectivity index (χ4n) is 3.62. The van der Waals surface area contributed by atoms with Gasteiger partial charge in [-0.15, -0.1) is 10.2 Å². The van der Waals surface area contributed by atoms with Crippen molar-refractivity contribution in [1.82, 2.24) is 19.7 Å². The quantitative estimate of drug-likeness (QED) is 0.660. The van der Waals surface area contributed by atoms with Crippen molar-refractivity contribution in [3.63, 3.8) is 0 Å². The predicted octanol–water partition coefficient (Wildman–Crippen LogP) is 3.71. The summed E-state index contributed by atoms with van der Waals surface area (Å²) in [6, 6.07) is 8.14. The van der Waals surface area contributed by atoms with Gasteiger partial charge in [-0.3, -0.25) is 0 Å². The fourth-order valence-corrected chi connectivity index (χ4v) is 3.62. The molecule has 4 rings (SSSR count). The van der Waals surface area contributed by atoms with Crippen molar-refractivity contribution < 1.29 is 9.53 Å². The van der Waals surface area contributed by atoms with Gasteiger partial charge in [0.2, 0.25) is 0 Å². The van der Waals surface area contributed by atoms with E-state index in [1.54, 1.807) is 6.07 Å². The Morgan fingerprint density at radius 2 is 2.14 bits per heavy atom. The molecule has 0 radical (unpaired) electrons. The zero-order valence-electron chi connectivity index (χ0n) is 16.3. The number of rotatable bonds is 5. The van der Waals surface area contributed by atoms with Crippen molar-refractivity contribution in [3.05, 3.63) is 53.1 Å². The summed E-state index contributed by atoms with van der Waals surface area (Å²) in [6.45, 7) is 3.66. The Kier molecular flexibility index (Phi) is 5.14. The van der Waals surface area contributed by atoms with Crippen LogP contribution in [0, 0.1) is 6.92 Å². The molecule has 0 unspecified atom stereocenters. The van der Waals surface area contributed by atoms with Crippen LogP contribution < -0.4 is 5.32 Å². The second kappa shape index (κ2) is 7.88. The molecular weight excluding hydrogens is 354 g/mol. The molecule has 0 atom stereocenters. The van der Waals surface area contributed by atoms with Gasteiger partial charge in [-0.1, -0.05) is 18.6 Å². The Balaban J connectivity index is 1.54. The van der Waals surface area contributed by atoms with Gasteiger partial charge < -0.3 is 19.6 Å². The Hall–Kier alpha value is -3.09. The number of carbonyl (C=O) groups excluding carboxylic acids is 1. The number of ether oxygens (including phenoxy) is 1. The van der Waals surface area contributed by atoms with Crippen LogP contribution in [0.15, 0.2) is 30.5 Å². The molecule has 2 N–H and O–H groups in total. The first-order chi connectivity index (χ1) is 13.7. The molecular formula is C21H25N5O2. The molecule has 7 heteroatoms. The molecule has 1 aromatic carbocycles. The number of fused-ring (bicyclic) bond motifs is 1. The van der Waals surface area contributed by atoms with E-state index in [0.717, 1.165) is 47.0 Å². The summed E-state index contributed by atoms with van der Waals surface area (Å²) in [4.78, 5) is 14.5. The summed E-state index contributed by atoms with van der Waals surface area (Å²) in [5.74, 6) is 1.66. The third-order valence-electron chi connectivity index (χ3n) is 5.24. The van der Waals surface area contributed by atoms with Crippen LogP contribution >= 0.6 is 0 Å². The van der Waals surface area contributed by atoms with Gasteiger partial charge in [0, 0.05) is 37.0 Å². The summed E-state index contributed by atoms with van der Waals surface area (Å²) in [5.41, 5.74) is 4.71. The smallest absolute Gasteiger partial charge is 0.354 e. The number of esters is 1. The number of aromatic amines is 1. The van der Waals surface area contributed by atoms with Crippen LogP contribution in [0.4, 0.5) is 5.69 Å². The van der Waals surface area contributed by atoms with Crippen LogP contribution in [0.3, 0.4) is 0 Å².